The molecule has 1 saturated carbocycles. The van der Waals surface area contributed by atoms with E-state index in [0.717, 1.165) is 36.9 Å². The van der Waals surface area contributed by atoms with Crippen LogP contribution in [0.15, 0.2) is 48.5 Å². The number of rotatable bonds is 5. The summed E-state index contributed by atoms with van der Waals surface area (Å²) in [5.41, 5.74) is 8.54. The van der Waals surface area contributed by atoms with Gasteiger partial charge in [-0.3, -0.25) is 9.59 Å². The molecule has 4 N–H and O–H groups in total. The number of carbonyl (C=O) groups is 2. The number of nitrogens with two attached hydrogens (primary N) is 1. The summed E-state index contributed by atoms with van der Waals surface area (Å²) < 4.78 is 0. The Morgan fingerprint density at radius 1 is 1.04 bits per heavy atom. The van der Waals surface area contributed by atoms with Crippen molar-refractivity contribution >= 4 is 23.2 Å². The molecule has 0 aliphatic heterocycles. The molecule has 0 bridgehead atoms. The summed E-state index contributed by atoms with van der Waals surface area (Å²) in [5, 5.41) is 5.86. The molecule has 5 heteroatoms. The summed E-state index contributed by atoms with van der Waals surface area (Å²) in [6.45, 7) is 0.399. The SMILES string of the molecule is Nc1ccc(C(=O)NCc2cccc(NC(=O)C3CCCC3)c2)cc1. The molecule has 2 aromatic rings. The fourth-order valence-electron chi connectivity index (χ4n) is 3.11. The monoisotopic (exact) mass is 337 g/mol. The first-order chi connectivity index (χ1) is 12.1. The minimum absolute atomic E-state index is 0.0977. The number of amides is 2. The van der Waals surface area contributed by atoms with Gasteiger partial charge in [0.2, 0.25) is 5.91 Å². The molecule has 0 unspecified atom stereocenters. The lowest BCUT2D eigenvalue weighted by molar-refractivity contribution is -0.119. The topological polar surface area (TPSA) is 84.2 Å². The van der Waals surface area contributed by atoms with E-state index in [2.05, 4.69) is 10.6 Å². The average molecular weight is 337 g/mol. The van der Waals surface area contributed by atoms with Crippen LogP contribution in [0.1, 0.15) is 41.6 Å². The third-order valence-corrected chi connectivity index (χ3v) is 4.55. The Kier molecular flexibility index (Phi) is 5.33. The maximum Gasteiger partial charge on any atom is 0.251 e. The second kappa shape index (κ2) is 7.83. The lowest BCUT2D eigenvalue weighted by Crippen LogP contribution is -2.23. The number of hydrogen-bond donors (Lipinski definition) is 3. The van der Waals surface area contributed by atoms with Crippen molar-refractivity contribution in [2.24, 2.45) is 5.92 Å². The summed E-state index contributed by atoms with van der Waals surface area (Å²) in [6, 6.07) is 14.4. The fourth-order valence-corrected chi connectivity index (χ4v) is 3.11. The minimum Gasteiger partial charge on any atom is -0.399 e. The molecular formula is C20H23N3O2. The molecule has 0 saturated heterocycles. The van der Waals surface area contributed by atoms with Crippen molar-refractivity contribution in [3.05, 3.63) is 59.7 Å². The van der Waals surface area contributed by atoms with Crippen molar-refractivity contribution < 1.29 is 9.59 Å². The Morgan fingerprint density at radius 3 is 2.48 bits per heavy atom. The molecule has 130 valence electrons. The van der Waals surface area contributed by atoms with Crippen molar-refractivity contribution in [2.45, 2.75) is 32.2 Å². The predicted molar refractivity (Wildman–Crippen MR) is 99.1 cm³/mol. The third kappa shape index (κ3) is 4.59. The van der Waals surface area contributed by atoms with E-state index < -0.39 is 0 Å². The first-order valence-corrected chi connectivity index (χ1v) is 8.65. The van der Waals surface area contributed by atoms with Crippen LogP contribution in [0.3, 0.4) is 0 Å². The Bertz CT molecular complexity index is 750. The van der Waals surface area contributed by atoms with Gasteiger partial charge in [0.25, 0.3) is 5.91 Å². The van der Waals surface area contributed by atoms with Gasteiger partial charge in [0.15, 0.2) is 0 Å². The molecule has 0 heterocycles. The number of anilines is 2. The highest BCUT2D eigenvalue weighted by atomic mass is 16.2. The van der Waals surface area contributed by atoms with E-state index in [1.165, 1.54) is 0 Å². The van der Waals surface area contributed by atoms with E-state index in [1.807, 2.05) is 24.3 Å². The summed E-state index contributed by atoms with van der Waals surface area (Å²) in [7, 11) is 0. The van der Waals surface area contributed by atoms with Gasteiger partial charge >= 0.3 is 0 Å². The van der Waals surface area contributed by atoms with Crippen LogP contribution in [0.5, 0.6) is 0 Å². The van der Waals surface area contributed by atoms with E-state index in [4.69, 9.17) is 5.73 Å². The zero-order valence-electron chi connectivity index (χ0n) is 14.1. The predicted octanol–water partition coefficient (Wildman–Crippen LogP) is 3.33. The van der Waals surface area contributed by atoms with Crippen molar-refractivity contribution in [3.63, 3.8) is 0 Å². The Morgan fingerprint density at radius 2 is 1.76 bits per heavy atom. The van der Waals surface area contributed by atoms with Crippen LogP contribution in [0.4, 0.5) is 11.4 Å². The molecule has 5 nitrogen and oxygen atoms in total. The quantitative estimate of drug-likeness (QED) is 0.732. The van der Waals surface area contributed by atoms with Crippen molar-refractivity contribution in [3.8, 4) is 0 Å². The smallest absolute Gasteiger partial charge is 0.251 e. The van der Waals surface area contributed by atoms with Crippen LogP contribution in [-0.2, 0) is 11.3 Å². The lowest BCUT2D eigenvalue weighted by atomic mass is 10.1. The van der Waals surface area contributed by atoms with Gasteiger partial charge < -0.3 is 16.4 Å². The largest absolute Gasteiger partial charge is 0.399 e. The summed E-state index contributed by atoms with van der Waals surface area (Å²) in [5.74, 6) is 0.0785. The molecule has 0 radical (unpaired) electrons. The number of nitrogens with one attached hydrogen (secondary N) is 2. The minimum atomic E-state index is -0.152. The van der Waals surface area contributed by atoms with Gasteiger partial charge in [-0.15, -0.1) is 0 Å². The molecule has 2 aromatic carbocycles. The van der Waals surface area contributed by atoms with Crippen LogP contribution in [0.2, 0.25) is 0 Å². The van der Waals surface area contributed by atoms with Crippen LogP contribution in [0, 0.1) is 5.92 Å². The average Bonchev–Trinajstić information content (AvgIpc) is 3.15. The van der Waals surface area contributed by atoms with Crippen LogP contribution in [-0.4, -0.2) is 11.8 Å². The van der Waals surface area contributed by atoms with Gasteiger partial charge in [-0.2, -0.15) is 0 Å². The van der Waals surface area contributed by atoms with E-state index in [9.17, 15) is 9.59 Å². The van der Waals surface area contributed by atoms with Gasteiger partial charge in [0, 0.05) is 29.4 Å². The van der Waals surface area contributed by atoms with E-state index in [1.54, 1.807) is 24.3 Å². The number of nitrogen functional groups attached to an aromatic ring is 1. The zero-order chi connectivity index (χ0) is 17.6. The Balaban J connectivity index is 1.56. The fraction of sp³-hybridized carbons (Fsp3) is 0.300. The van der Waals surface area contributed by atoms with E-state index in [0.29, 0.717) is 17.8 Å². The van der Waals surface area contributed by atoms with Crippen molar-refractivity contribution in [1.29, 1.82) is 0 Å². The van der Waals surface area contributed by atoms with Gasteiger partial charge in [0.05, 0.1) is 0 Å². The number of benzene rings is 2. The van der Waals surface area contributed by atoms with Gasteiger partial charge in [0.1, 0.15) is 0 Å². The second-order valence-corrected chi connectivity index (χ2v) is 6.48. The number of hydrogen-bond acceptors (Lipinski definition) is 3. The van der Waals surface area contributed by atoms with E-state index >= 15 is 0 Å². The van der Waals surface area contributed by atoms with Gasteiger partial charge in [-0.25, -0.2) is 0 Å². The molecule has 0 atom stereocenters. The maximum absolute atomic E-state index is 12.2. The first-order valence-electron chi connectivity index (χ1n) is 8.65. The molecule has 0 aromatic heterocycles. The van der Waals surface area contributed by atoms with Crippen LogP contribution in [0.25, 0.3) is 0 Å². The molecule has 0 spiro atoms. The summed E-state index contributed by atoms with van der Waals surface area (Å²) in [4.78, 5) is 24.4. The highest BCUT2D eigenvalue weighted by Crippen LogP contribution is 2.26. The molecule has 25 heavy (non-hydrogen) atoms. The molecule has 1 aliphatic rings. The highest BCUT2D eigenvalue weighted by molar-refractivity contribution is 5.94. The third-order valence-electron chi connectivity index (χ3n) is 4.55. The van der Waals surface area contributed by atoms with Crippen molar-refractivity contribution in [2.75, 3.05) is 11.1 Å². The van der Waals surface area contributed by atoms with Crippen molar-refractivity contribution in [1.82, 2.24) is 5.32 Å². The zero-order valence-corrected chi connectivity index (χ0v) is 14.1. The molecule has 1 aliphatic carbocycles. The molecule has 3 rings (SSSR count). The van der Waals surface area contributed by atoms with Crippen LogP contribution < -0.4 is 16.4 Å². The van der Waals surface area contributed by atoms with Gasteiger partial charge in [-0.1, -0.05) is 25.0 Å². The standard InChI is InChI=1S/C20H23N3O2/c21-17-10-8-16(9-11-17)19(24)22-13-14-4-3-7-18(12-14)23-20(25)15-5-1-2-6-15/h3-4,7-12,15H,1-2,5-6,13,21H2,(H,22,24)(H,23,25). The molecule has 1 fully saturated rings. The second-order valence-electron chi connectivity index (χ2n) is 6.48. The van der Waals surface area contributed by atoms with E-state index in [-0.39, 0.29) is 17.7 Å². The van der Waals surface area contributed by atoms with Gasteiger partial charge in [-0.05, 0) is 54.8 Å². The van der Waals surface area contributed by atoms with Crippen LogP contribution >= 0.6 is 0 Å². The first kappa shape index (κ1) is 17.0. The molecular weight excluding hydrogens is 314 g/mol. The summed E-state index contributed by atoms with van der Waals surface area (Å²) >= 11 is 0. The maximum atomic E-state index is 12.2. The summed E-state index contributed by atoms with van der Waals surface area (Å²) in [6.07, 6.45) is 4.22. The lowest BCUT2D eigenvalue weighted by Gasteiger charge is -2.12. The highest BCUT2D eigenvalue weighted by Gasteiger charge is 2.22. The number of carbonyl (C=O) groups excluding carboxylic acids is 2. The Labute approximate surface area is 147 Å². The Hall–Kier alpha value is -2.82. The molecule has 2 amide bonds. The normalized spacial score (nSPS) is 14.2.